The number of pyridine rings is 1. The smallest absolute Gasteiger partial charge is 0.152 e. The van der Waals surface area contributed by atoms with Gasteiger partial charge < -0.3 is 10.2 Å². The number of hydrogen-bond donors (Lipinski definition) is 1. The van der Waals surface area contributed by atoms with Crippen molar-refractivity contribution in [1.29, 1.82) is 0 Å². The third-order valence-electron chi connectivity index (χ3n) is 7.83. The summed E-state index contributed by atoms with van der Waals surface area (Å²) in [5.41, 5.74) is 2.56. The van der Waals surface area contributed by atoms with Gasteiger partial charge in [-0.2, -0.15) is 5.10 Å². The van der Waals surface area contributed by atoms with E-state index in [9.17, 15) is 0 Å². The Labute approximate surface area is 207 Å². The molecule has 6 nitrogen and oxygen atoms in total. The fourth-order valence-electron chi connectivity index (χ4n) is 5.39. The van der Waals surface area contributed by atoms with Crippen LogP contribution in [0, 0.1) is 0 Å². The first-order chi connectivity index (χ1) is 16.9. The Balaban J connectivity index is 1.36. The summed E-state index contributed by atoms with van der Waals surface area (Å²) in [6.07, 6.45) is 8.62. The number of fused-ring (bicyclic) bond motifs is 1. The van der Waals surface area contributed by atoms with Crippen molar-refractivity contribution in [2.75, 3.05) is 38.0 Å². The molecule has 2 aromatic heterocycles. The van der Waals surface area contributed by atoms with Gasteiger partial charge in [-0.25, -0.2) is 9.37 Å². The Morgan fingerprint density at radius 2 is 1.80 bits per heavy atom. The average molecular weight is 477 g/mol. The van der Waals surface area contributed by atoms with Crippen LogP contribution in [0.25, 0.3) is 21.9 Å². The molecule has 0 spiro atoms. The summed E-state index contributed by atoms with van der Waals surface area (Å²) in [6, 6.07) is 8.43. The largest absolute Gasteiger partial charge is 0.341 e. The molecule has 7 heteroatoms. The maximum atomic E-state index is 15.6. The van der Waals surface area contributed by atoms with E-state index < -0.39 is 5.67 Å². The first-order valence-corrected chi connectivity index (χ1v) is 13.0. The lowest BCUT2D eigenvalue weighted by atomic mass is 9.90. The zero-order valence-corrected chi connectivity index (χ0v) is 21.1. The van der Waals surface area contributed by atoms with Crippen molar-refractivity contribution in [3.8, 4) is 11.1 Å². The normalized spacial score (nSPS) is 19.2. The minimum absolute atomic E-state index is 0.410. The second kappa shape index (κ2) is 10.1. The number of benzene rings is 1. The molecule has 0 saturated carbocycles. The van der Waals surface area contributed by atoms with Gasteiger partial charge in [0.05, 0.1) is 11.9 Å². The van der Waals surface area contributed by atoms with E-state index in [1.165, 1.54) is 30.5 Å². The van der Waals surface area contributed by atoms with Crippen LogP contribution in [0.3, 0.4) is 0 Å². The second-order valence-electron chi connectivity index (χ2n) is 10.1. The molecule has 0 aliphatic carbocycles. The van der Waals surface area contributed by atoms with Crippen molar-refractivity contribution in [2.45, 2.75) is 51.2 Å². The third kappa shape index (κ3) is 5.11. The number of aryl methyl sites for hydroxylation is 1. The molecule has 2 fully saturated rings. The molecule has 1 N–H and O–H groups in total. The lowest BCUT2D eigenvalue weighted by Gasteiger charge is -2.37. The number of alkyl halides is 1. The molecule has 0 radical (unpaired) electrons. The van der Waals surface area contributed by atoms with E-state index in [1.807, 2.05) is 30.2 Å². The van der Waals surface area contributed by atoms with Crippen molar-refractivity contribution >= 4 is 16.6 Å². The van der Waals surface area contributed by atoms with Gasteiger partial charge in [-0.1, -0.05) is 32.1 Å². The molecule has 2 aliphatic rings. The van der Waals surface area contributed by atoms with Gasteiger partial charge in [-0.15, -0.1) is 0 Å². The Kier molecular flexibility index (Phi) is 6.89. The highest BCUT2D eigenvalue weighted by molar-refractivity contribution is 5.88. The summed E-state index contributed by atoms with van der Waals surface area (Å²) >= 11 is 0. The number of halogens is 1. The van der Waals surface area contributed by atoms with Gasteiger partial charge in [0.2, 0.25) is 0 Å². The average Bonchev–Trinajstić information content (AvgIpc) is 3.24. The van der Waals surface area contributed by atoms with E-state index in [4.69, 9.17) is 0 Å². The van der Waals surface area contributed by atoms with Crippen LogP contribution in [0.4, 0.5) is 10.2 Å². The van der Waals surface area contributed by atoms with Gasteiger partial charge in [-0.3, -0.25) is 9.58 Å². The summed E-state index contributed by atoms with van der Waals surface area (Å²) in [4.78, 5) is 9.34. The van der Waals surface area contributed by atoms with Crippen LogP contribution in [0.5, 0.6) is 0 Å². The second-order valence-corrected chi connectivity index (χ2v) is 10.1. The Morgan fingerprint density at radius 1 is 1.03 bits per heavy atom. The molecular weight excluding hydrogens is 439 g/mol. The Hall–Kier alpha value is -2.77. The number of anilines is 1. The molecule has 0 bridgehead atoms. The highest BCUT2D eigenvalue weighted by atomic mass is 19.1. The van der Waals surface area contributed by atoms with Crippen molar-refractivity contribution in [1.82, 2.24) is 24.6 Å². The number of hydrogen-bond acceptors (Lipinski definition) is 5. The quantitative estimate of drug-likeness (QED) is 0.497. The molecule has 4 heterocycles. The fraction of sp³-hybridized carbons (Fsp3) is 0.500. The van der Waals surface area contributed by atoms with Crippen LogP contribution in [0.15, 0.2) is 48.9 Å². The number of nitrogens with one attached hydrogen (secondary N) is 1. The predicted octanol–water partition coefficient (Wildman–Crippen LogP) is 5.37. The summed E-state index contributed by atoms with van der Waals surface area (Å²) in [5.74, 6) is 0.634. The minimum Gasteiger partial charge on any atom is -0.341 e. The Morgan fingerprint density at radius 3 is 2.54 bits per heavy atom. The van der Waals surface area contributed by atoms with Gasteiger partial charge in [0, 0.05) is 49.5 Å². The van der Waals surface area contributed by atoms with Crippen molar-refractivity contribution in [3.63, 3.8) is 0 Å². The number of aromatic nitrogens is 3. The number of allylic oxidation sites excluding steroid dienone is 1. The van der Waals surface area contributed by atoms with Crippen LogP contribution in [0.2, 0.25) is 0 Å². The molecule has 5 rings (SSSR count). The topological polar surface area (TPSA) is 49.2 Å². The molecule has 2 saturated heterocycles. The first kappa shape index (κ1) is 23.9. The van der Waals surface area contributed by atoms with E-state index in [-0.39, 0.29) is 0 Å². The molecule has 186 valence electrons. The minimum atomic E-state index is -1.40. The van der Waals surface area contributed by atoms with Crippen LogP contribution < -0.4 is 5.32 Å². The first-order valence-electron chi connectivity index (χ1n) is 13.0. The molecular formula is C28H37FN6. The van der Waals surface area contributed by atoms with Gasteiger partial charge in [-0.05, 0) is 68.4 Å². The van der Waals surface area contributed by atoms with Crippen molar-refractivity contribution in [3.05, 3.63) is 54.6 Å². The van der Waals surface area contributed by atoms with Gasteiger partial charge in [0.1, 0.15) is 5.82 Å². The van der Waals surface area contributed by atoms with Gasteiger partial charge in [0.25, 0.3) is 0 Å². The zero-order valence-electron chi connectivity index (χ0n) is 21.1. The van der Waals surface area contributed by atoms with Crippen molar-refractivity contribution < 1.29 is 4.39 Å². The van der Waals surface area contributed by atoms with E-state index in [0.717, 1.165) is 55.6 Å². The van der Waals surface area contributed by atoms with E-state index in [2.05, 4.69) is 56.9 Å². The van der Waals surface area contributed by atoms with E-state index in [1.54, 1.807) is 0 Å². The highest BCUT2D eigenvalue weighted by Crippen LogP contribution is 2.34. The maximum absolute atomic E-state index is 15.6. The monoisotopic (exact) mass is 476 g/mol. The van der Waals surface area contributed by atoms with Crippen LogP contribution >= 0.6 is 0 Å². The van der Waals surface area contributed by atoms with Crippen molar-refractivity contribution in [2.24, 2.45) is 7.05 Å². The highest BCUT2D eigenvalue weighted by Gasteiger charge is 2.37. The van der Waals surface area contributed by atoms with Gasteiger partial charge >= 0.3 is 0 Å². The maximum Gasteiger partial charge on any atom is 0.152 e. The van der Waals surface area contributed by atoms with Crippen LogP contribution in [0.1, 0.15) is 44.7 Å². The molecule has 2 aliphatic heterocycles. The van der Waals surface area contributed by atoms with E-state index >= 15 is 4.39 Å². The molecule has 35 heavy (non-hydrogen) atoms. The summed E-state index contributed by atoms with van der Waals surface area (Å²) in [7, 11) is 2.03. The lowest BCUT2D eigenvalue weighted by Crippen LogP contribution is -2.43. The fourth-order valence-corrected chi connectivity index (χ4v) is 5.39. The van der Waals surface area contributed by atoms with E-state index in [0.29, 0.717) is 24.4 Å². The molecule has 0 amide bonds. The number of piperidine rings is 2. The zero-order chi connectivity index (χ0) is 24.4. The predicted molar refractivity (Wildman–Crippen MR) is 141 cm³/mol. The van der Waals surface area contributed by atoms with Gasteiger partial charge in [0.15, 0.2) is 5.67 Å². The summed E-state index contributed by atoms with van der Waals surface area (Å²) < 4.78 is 17.6. The number of rotatable bonds is 7. The Bertz CT molecular complexity index is 1190. The molecule has 0 atom stereocenters. The standard InChI is InChI=1S/C28H37FN6/c1-4-34-14-10-28(29,11-15-34)21(2)32-27-17-24-16-22(8-9-23(24)18-30-27)25-19-31-33(3)26(25)20-35-12-6-5-7-13-35/h8-9,16-19H,2,4-7,10-15,20H2,1,3H3,(H,30,32). The molecule has 1 aromatic carbocycles. The summed E-state index contributed by atoms with van der Waals surface area (Å²) in [5, 5.41) is 9.88. The number of likely N-dealkylation sites (tertiary alicyclic amines) is 2. The van der Waals surface area contributed by atoms with Crippen LogP contribution in [-0.2, 0) is 13.6 Å². The third-order valence-corrected chi connectivity index (χ3v) is 7.83. The number of nitrogens with zero attached hydrogens (tertiary/aromatic N) is 5. The molecule has 0 unspecified atom stereocenters. The molecule has 3 aromatic rings. The summed E-state index contributed by atoms with van der Waals surface area (Å²) in [6.45, 7) is 11.9. The SMILES string of the molecule is C=C(Nc1cc2cc(-c3cnn(C)c3CN3CCCCC3)ccc2cn1)C1(F)CCN(CC)CC1. The lowest BCUT2D eigenvalue weighted by molar-refractivity contribution is 0.0922. The van der Waals surface area contributed by atoms with Crippen LogP contribution in [-0.4, -0.2) is 63.0 Å².